The van der Waals surface area contributed by atoms with Crippen LogP contribution in [0.1, 0.15) is 40.0 Å². The van der Waals surface area contributed by atoms with Crippen molar-refractivity contribution in [2.24, 2.45) is 5.41 Å². The van der Waals surface area contributed by atoms with Gasteiger partial charge in [0.15, 0.2) is 4.90 Å². The van der Waals surface area contributed by atoms with Crippen molar-refractivity contribution >= 4 is 21.8 Å². The third-order valence-corrected chi connectivity index (χ3v) is 6.34. The minimum Gasteiger partial charge on any atom is -0.444 e. The molecule has 1 amide bonds. The Morgan fingerprint density at radius 2 is 1.85 bits per heavy atom. The van der Waals surface area contributed by atoms with Gasteiger partial charge in [0.25, 0.3) is 5.69 Å². The largest absolute Gasteiger partial charge is 0.444 e. The number of nitro groups is 1. The summed E-state index contributed by atoms with van der Waals surface area (Å²) in [6.07, 6.45) is 1.48. The summed E-state index contributed by atoms with van der Waals surface area (Å²) in [5, 5.41) is 13.9. The van der Waals surface area contributed by atoms with E-state index in [0.717, 1.165) is 6.07 Å². The van der Waals surface area contributed by atoms with Crippen molar-refractivity contribution in [1.82, 2.24) is 10.0 Å². The van der Waals surface area contributed by atoms with E-state index >= 15 is 0 Å². The second-order valence-electron chi connectivity index (χ2n) is 8.49. The summed E-state index contributed by atoms with van der Waals surface area (Å²) < 4.78 is 32.7. The Morgan fingerprint density at radius 1 is 1.26 bits per heavy atom. The first kappa shape index (κ1) is 19.6. The smallest absolute Gasteiger partial charge is 0.408 e. The maximum atomic E-state index is 12.5. The van der Waals surface area contributed by atoms with E-state index in [-0.39, 0.29) is 22.4 Å². The quantitative estimate of drug-likeness (QED) is 0.560. The number of rotatable bonds is 6. The van der Waals surface area contributed by atoms with Gasteiger partial charge in [-0.05, 0) is 51.5 Å². The number of nitrogens with one attached hydrogen (secondary N) is 2. The van der Waals surface area contributed by atoms with Crippen LogP contribution in [0, 0.1) is 15.5 Å². The average Bonchev–Trinajstić information content (AvgIpc) is 2.46. The molecule has 9 nitrogen and oxygen atoms in total. The molecule has 0 radical (unpaired) electrons. The molecule has 2 bridgehead atoms. The van der Waals surface area contributed by atoms with E-state index in [1.807, 2.05) is 0 Å². The highest BCUT2D eigenvalue weighted by atomic mass is 32.2. The van der Waals surface area contributed by atoms with Crippen LogP contribution in [0.25, 0.3) is 0 Å². The number of hydrogen-bond acceptors (Lipinski definition) is 6. The highest BCUT2D eigenvalue weighted by Crippen LogP contribution is 2.66. The van der Waals surface area contributed by atoms with Crippen molar-refractivity contribution in [2.45, 2.75) is 56.1 Å². The minimum absolute atomic E-state index is 0.180. The van der Waals surface area contributed by atoms with Gasteiger partial charge in [0.2, 0.25) is 10.0 Å². The molecule has 27 heavy (non-hydrogen) atoms. The number of nitro benzene ring substituents is 1. The number of carbonyl (C=O) groups is 1. The van der Waals surface area contributed by atoms with Crippen molar-refractivity contribution in [2.75, 3.05) is 6.54 Å². The molecule has 0 aromatic heterocycles. The summed E-state index contributed by atoms with van der Waals surface area (Å²) in [4.78, 5) is 21.9. The molecule has 0 atom stereocenters. The molecule has 3 saturated carbocycles. The highest BCUT2D eigenvalue weighted by molar-refractivity contribution is 7.89. The summed E-state index contributed by atoms with van der Waals surface area (Å²) in [5.41, 5.74) is -1.57. The van der Waals surface area contributed by atoms with Gasteiger partial charge < -0.3 is 10.1 Å². The number of ether oxygens (including phenoxy) is 1. The lowest BCUT2D eigenvalue weighted by molar-refractivity contribution is -0.387. The highest BCUT2D eigenvalue weighted by Gasteiger charge is 2.68. The van der Waals surface area contributed by atoms with Gasteiger partial charge in [0, 0.05) is 18.2 Å². The Bertz CT molecular complexity index is 870. The summed E-state index contributed by atoms with van der Waals surface area (Å²) in [7, 11) is -3.99. The summed E-state index contributed by atoms with van der Waals surface area (Å²) >= 11 is 0. The molecule has 0 aliphatic heterocycles. The van der Waals surface area contributed by atoms with Crippen LogP contribution in [0.15, 0.2) is 29.2 Å². The van der Waals surface area contributed by atoms with Crippen molar-refractivity contribution < 1.29 is 22.9 Å². The fourth-order valence-corrected chi connectivity index (χ4v) is 5.33. The third-order valence-electron chi connectivity index (χ3n) is 4.89. The molecule has 2 N–H and O–H groups in total. The maximum Gasteiger partial charge on any atom is 0.408 e. The molecule has 1 aromatic carbocycles. The number of sulfonamides is 1. The molecule has 148 valence electrons. The van der Waals surface area contributed by atoms with Gasteiger partial charge >= 0.3 is 6.09 Å². The first-order chi connectivity index (χ1) is 12.4. The number of alkyl carbamates (subject to hydrolysis) is 1. The second kappa shape index (κ2) is 6.16. The van der Waals surface area contributed by atoms with Gasteiger partial charge in [-0.3, -0.25) is 10.1 Å². The van der Waals surface area contributed by atoms with E-state index in [0.29, 0.717) is 19.3 Å². The number of nitrogens with zero attached hydrogens (tertiary/aromatic N) is 1. The Morgan fingerprint density at radius 3 is 2.41 bits per heavy atom. The van der Waals surface area contributed by atoms with Crippen LogP contribution in [-0.2, 0) is 14.8 Å². The molecule has 10 heteroatoms. The van der Waals surface area contributed by atoms with Crippen molar-refractivity contribution in [3.05, 3.63) is 34.4 Å². The zero-order chi connectivity index (χ0) is 20.1. The van der Waals surface area contributed by atoms with Crippen LogP contribution in [0.3, 0.4) is 0 Å². The maximum absolute atomic E-state index is 12.5. The van der Waals surface area contributed by atoms with Gasteiger partial charge in [-0.15, -0.1) is 0 Å². The Hall–Kier alpha value is -2.20. The first-order valence-corrected chi connectivity index (χ1v) is 10.1. The number of amides is 1. The molecule has 4 rings (SSSR count). The molecule has 0 spiro atoms. The van der Waals surface area contributed by atoms with Crippen LogP contribution in [-0.4, -0.2) is 37.1 Å². The van der Waals surface area contributed by atoms with E-state index in [9.17, 15) is 23.3 Å². The fourth-order valence-electron chi connectivity index (χ4n) is 4.00. The Labute approximate surface area is 157 Å². The average molecular weight is 397 g/mol. The molecule has 3 aliphatic carbocycles. The van der Waals surface area contributed by atoms with Crippen LogP contribution < -0.4 is 10.0 Å². The summed E-state index contributed by atoms with van der Waals surface area (Å²) in [5.74, 6) is 0. The lowest BCUT2D eigenvalue weighted by Gasteiger charge is -2.70. The van der Waals surface area contributed by atoms with Crippen molar-refractivity contribution in [1.29, 1.82) is 0 Å². The number of carbonyl (C=O) groups excluding carboxylic acids is 1. The summed E-state index contributed by atoms with van der Waals surface area (Å²) in [6, 6.07) is 5.25. The monoisotopic (exact) mass is 397 g/mol. The number of benzene rings is 1. The molecule has 0 heterocycles. The van der Waals surface area contributed by atoms with Crippen LogP contribution in [0.5, 0.6) is 0 Å². The minimum atomic E-state index is -3.99. The van der Waals surface area contributed by atoms with Crippen molar-refractivity contribution in [3.63, 3.8) is 0 Å². The second-order valence-corrected chi connectivity index (χ2v) is 10.2. The topological polar surface area (TPSA) is 128 Å². The third kappa shape index (κ3) is 3.91. The Kier molecular flexibility index (Phi) is 4.47. The SMILES string of the molecule is CC(C)(C)OC(=O)NC12CC(CNS(=O)(=O)c3ccccc3[N+](=O)[O-])(C1)C2. The van der Waals surface area contributed by atoms with E-state index in [1.54, 1.807) is 20.8 Å². The molecular formula is C17H23N3O6S. The molecule has 0 unspecified atom stereocenters. The lowest BCUT2D eigenvalue weighted by atomic mass is 9.39. The van der Waals surface area contributed by atoms with E-state index in [4.69, 9.17) is 4.74 Å². The van der Waals surface area contributed by atoms with Crippen LogP contribution in [0.4, 0.5) is 10.5 Å². The van der Waals surface area contributed by atoms with Gasteiger partial charge in [-0.2, -0.15) is 0 Å². The molecule has 1 aromatic rings. The van der Waals surface area contributed by atoms with Gasteiger partial charge in [0.05, 0.1) is 4.92 Å². The summed E-state index contributed by atoms with van der Waals surface area (Å²) in [6.45, 7) is 5.54. The van der Waals surface area contributed by atoms with Crippen molar-refractivity contribution in [3.8, 4) is 0 Å². The molecule has 3 fully saturated rings. The van der Waals surface area contributed by atoms with Gasteiger partial charge in [-0.1, -0.05) is 12.1 Å². The number of para-hydroxylation sites is 1. The first-order valence-electron chi connectivity index (χ1n) is 8.60. The normalized spacial score (nSPS) is 26.5. The predicted octanol–water partition coefficient (Wildman–Crippen LogP) is 2.32. The van der Waals surface area contributed by atoms with E-state index < -0.39 is 32.3 Å². The fraction of sp³-hybridized carbons (Fsp3) is 0.588. The molecular weight excluding hydrogens is 374 g/mol. The van der Waals surface area contributed by atoms with Crippen LogP contribution >= 0.6 is 0 Å². The van der Waals surface area contributed by atoms with Gasteiger partial charge in [-0.25, -0.2) is 17.9 Å². The van der Waals surface area contributed by atoms with E-state index in [2.05, 4.69) is 10.0 Å². The zero-order valence-electron chi connectivity index (χ0n) is 15.4. The van der Waals surface area contributed by atoms with Gasteiger partial charge in [0.1, 0.15) is 5.60 Å². The standard InChI is InChI=1S/C17H23N3O6S/c1-15(2,3)26-14(21)19-17-8-16(9-17,10-17)11-18-27(24,25)13-7-5-4-6-12(13)20(22)23/h4-7,18H,8-11H2,1-3H3,(H,19,21). The molecule has 3 aliphatic rings. The Balaban J connectivity index is 1.56. The lowest BCUT2D eigenvalue weighted by Crippen LogP contribution is -2.77. The molecule has 0 saturated heterocycles. The van der Waals surface area contributed by atoms with Crippen LogP contribution in [0.2, 0.25) is 0 Å². The zero-order valence-corrected chi connectivity index (χ0v) is 16.3. The number of hydrogen-bond donors (Lipinski definition) is 2. The predicted molar refractivity (Wildman–Crippen MR) is 96.7 cm³/mol. The van der Waals surface area contributed by atoms with E-state index in [1.165, 1.54) is 18.2 Å².